The topological polar surface area (TPSA) is 87.5 Å². The Hall–Kier alpha value is -2.93. The molecule has 7 nitrogen and oxygen atoms in total. The van der Waals surface area contributed by atoms with Crippen LogP contribution in [0.4, 0.5) is 11.4 Å². The van der Waals surface area contributed by atoms with Crippen molar-refractivity contribution in [3.8, 4) is 0 Å². The van der Waals surface area contributed by atoms with E-state index in [0.29, 0.717) is 24.3 Å². The average Bonchev–Trinajstić information content (AvgIpc) is 3.29. The molecule has 0 aliphatic carbocycles. The molecule has 0 bridgehead atoms. The predicted octanol–water partition coefficient (Wildman–Crippen LogP) is 3.35. The Labute approximate surface area is 177 Å². The van der Waals surface area contributed by atoms with Gasteiger partial charge in [-0.05, 0) is 50.4 Å². The van der Waals surface area contributed by atoms with E-state index in [4.69, 9.17) is 0 Å². The van der Waals surface area contributed by atoms with Gasteiger partial charge in [0.05, 0.1) is 10.3 Å². The number of nitrogens with zero attached hydrogens (tertiary/aromatic N) is 2. The quantitative estimate of drug-likeness (QED) is 0.489. The molecule has 1 amide bonds. The molecule has 0 saturated carbocycles. The van der Waals surface area contributed by atoms with Gasteiger partial charge in [0.15, 0.2) is 0 Å². The molecule has 1 fully saturated rings. The van der Waals surface area contributed by atoms with Gasteiger partial charge in [0, 0.05) is 32.2 Å². The summed E-state index contributed by atoms with van der Waals surface area (Å²) in [6, 6.07) is 15.1. The molecule has 0 radical (unpaired) electrons. The molecular formula is C23H30N4O3. The van der Waals surface area contributed by atoms with Crippen molar-refractivity contribution in [1.29, 1.82) is 0 Å². The van der Waals surface area contributed by atoms with E-state index in [2.05, 4.69) is 10.6 Å². The van der Waals surface area contributed by atoms with Crippen LogP contribution in [0.2, 0.25) is 0 Å². The molecule has 1 unspecified atom stereocenters. The van der Waals surface area contributed by atoms with E-state index >= 15 is 0 Å². The van der Waals surface area contributed by atoms with Gasteiger partial charge in [0.1, 0.15) is 5.69 Å². The van der Waals surface area contributed by atoms with Crippen molar-refractivity contribution in [2.45, 2.75) is 31.6 Å². The van der Waals surface area contributed by atoms with Crippen LogP contribution in [0.15, 0.2) is 48.5 Å². The Morgan fingerprint density at radius 1 is 1.17 bits per heavy atom. The standard InChI is InChI=1S/C23H30N4O3/c1-23(17-24-2,22(28)26-14-6-7-15-26)19-10-11-20(21(16-19)27(29)30)25-13-12-18-8-4-3-5-9-18/h3-5,8-11,16,24-25H,6-7,12-15,17H2,1-2H3. The Kier molecular flexibility index (Phi) is 7.05. The number of nitro groups is 1. The maximum Gasteiger partial charge on any atom is 0.292 e. The maximum absolute atomic E-state index is 13.3. The van der Waals surface area contributed by atoms with Gasteiger partial charge in [-0.2, -0.15) is 0 Å². The van der Waals surface area contributed by atoms with E-state index in [-0.39, 0.29) is 16.5 Å². The van der Waals surface area contributed by atoms with Crippen molar-refractivity contribution in [3.63, 3.8) is 0 Å². The predicted molar refractivity (Wildman–Crippen MR) is 119 cm³/mol. The molecule has 1 heterocycles. The fourth-order valence-electron chi connectivity index (χ4n) is 4.09. The molecule has 1 atom stereocenters. The monoisotopic (exact) mass is 410 g/mol. The number of amides is 1. The first-order valence-electron chi connectivity index (χ1n) is 10.5. The second kappa shape index (κ2) is 9.71. The molecule has 0 spiro atoms. The number of anilines is 1. The molecular weight excluding hydrogens is 380 g/mol. The summed E-state index contributed by atoms with van der Waals surface area (Å²) in [5, 5.41) is 18.1. The van der Waals surface area contributed by atoms with Crippen LogP contribution in [0.5, 0.6) is 0 Å². The van der Waals surface area contributed by atoms with Gasteiger partial charge < -0.3 is 15.5 Å². The molecule has 1 aliphatic rings. The molecule has 7 heteroatoms. The highest BCUT2D eigenvalue weighted by Gasteiger charge is 2.39. The first-order chi connectivity index (χ1) is 14.5. The number of likely N-dealkylation sites (tertiary alicyclic amines) is 1. The zero-order valence-electron chi connectivity index (χ0n) is 17.7. The molecule has 3 rings (SSSR count). The van der Waals surface area contributed by atoms with Gasteiger partial charge in [-0.1, -0.05) is 36.4 Å². The number of nitrogens with one attached hydrogen (secondary N) is 2. The van der Waals surface area contributed by atoms with Crippen LogP contribution in [-0.2, 0) is 16.6 Å². The first kappa shape index (κ1) is 21.8. The Morgan fingerprint density at radius 3 is 2.50 bits per heavy atom. The van der Waals surface area contributed by atoms with E-state index in [9.17, 15) is 14.9 Å². The van der Waals surface area contributed by atoms with Gasteiger partial charge >= 0.3 is 0 Å². The number of carbonyl (C=O) groups excluding carboxylic acids is 1. The second-order valence-corrected chi connectivity index (χ2v) is 8.01. The van der Waals surface area contributed by atoms with Crippen LogP contribution in [0.1, 0.15) is 30.9 Å². The van der Waals surface area contributed by atoms with E-state index in [0.717, 1.165) is 32.4 Å². The summed E-state index contributed by atoms with van der Waals surface area (Å²) in [5.41, 5.74) is 1.44. The van der Waals surface area contributed by atoms with E-state index < -0.39 is 5.41 Å². The molecule has 0 aromatic heterocycles. The van der Waals surface area contributed by atoms with Crippen molar-refractivity contribution in [1.82, 2.24) is 10.2 Å². The van der Waals surface area contributed by atoms with Crippen LogP contribution in [0.25, 0.3) is 0 Å². The van der Waals surface area contributed by atoms with Gasteiger partial charge in [0.2, 0.25) is 5.91 Å². The van der Waals surface area contributed by atoms with Crippen molar-refractivity contribution in [3.05, 3.63) is 69.8 Å². The number of benzene rings is 2. The second-order valence-electron chi connectivity index (χ2n) is 8.01. The number of rotatable bonds is 9. The van der Waals surface area contributed by atoms with Gasteiger partial charge in [0.25, 0.3) is 5.69 Å². The third-order valence-electron chi connectivity index (χ3n) is 5.80. The molecule has 2 aromatic carbocycles. The largest absolute Gasteiger partial charge is 0.379 e. The number of carbonyl (C=O) groups is 1. The van der Waals surface area contributed by atoms with Crippen LogP contribution in [0.3, 0.4) is 0 Å². The minimum Gasteiger partial charge on any atom is -0.379 e. The first-order valence-corrected chi connectivity index (χ1v) is 10.5. The summed E-state index contributed by atoms with van der Waals surface area (Å²) in [4.78, 5) is 26.5. The summed E-state index contributed by atoms with van der Waals surface area (Å²) < 4.78 is 0. The number of nitro benzene ring substituents is 1. The number of hydrogen-bond donors (Lipinski definition) is 2. The van der Waals surface area contributed by atoms with Crippen molar-refractivity contribution in [2.75, 3.05) is 38.5 Å². The Balaban J connectivity index is 1.83. The third kappa shape index (κ3) is 4.79. The zero-order valence-corrected chi connectivity index (χ0v) is 17.7. The lowest BCUT2D eigenvalue weighted by molar-refractivity contribution is -0.384. The molecule has 2 N–H and O–H groups in total. The highest BCUT2D eigenvalue weighted by atomic mass is 16.6. The number of hydrogen-bond acceptors (Lipinski definition) is 5. The Morgan fingerprint density at radius 2 is 1.87 bits per heavy atom. The Bertz CT molecular complexity index is 881. The van der Waals surface area contributed by atoms with Crippen molar-refractivity contribution >= 4 is 17.3 Å². The maximum atomic E-state index is 13.3. The smallest absolute Gasteiger partial charge is 0.292 e. The van der Waals surface area contributed by atoms with Gasteiger partial charge in [-0.25, -0.2) is 0 Å². The number of likely N-dealkylation sites (N-methyl/N-ethyl adjacent to an activating group) is 1. The summed E-state index contributed by atoms with van der Waals surface area (Å²) in [6.45, 7) is 4.37. The molecule has 1 saturated heterocycles. The normalized spacial score (nSPS) is 15.6. The summed E-state index contributed by atoms with van der Waals surface area (Å²) in [7, 11) is 1.80. The van der Waals surface area contributed by atoms with Crippen LogP contribution in [0, 0.1) is 10.1 Å². The summed E-state index contributed by atoms with van der Waals surface area (Å²) in [6.07, 6.45) is 2.78. The van der Waals surface area contributed by atoms with Crippen LogP contribution in [-0.4, -0.2) is 49.0 Å². The highest BCUT2D eigenvalue weighted by molar-refractivity contribution is 5.89. The summed E-state index contributed by atoms with van der Waals surface area (Å²) >= 11 is 0. The average molecular weight is 411 g/mol. The van der Waals surface area contributed by atoms with Crippen LogP contribution >= 0.6 is 0 Å². The fraction of sp³-hybridized carbons (Fsp3) is 0.435. The van der Waals surface area contributed by atoms with Crippen molar-refractivity contribution in [2.24, 2.45) is 0 Å². The van der Waals surface area contributed by atoms with Crippen LogP contribution < -0.4 is 10.6 Å². The van der Waals surface area contributed by atoms with E-state index in [1.807, 2.05) is 48.2 Å². The third-order valence-corrected chi connectivity index (χ3v) is 5.80. The molecule has 1 aliphatic heterocycles. The summed E-state index contributed by atoms with van der Waals surface area (Å²) in [5.74, 6) is 0.0217. The minimum absolute atomic E-state index is 0.00267. The van der Waals surface area contributed by atoms with E-state index in [1.165, 1.54) is 5.56 Å². The highest BCUT2D eigenvalue weighted by Crippen LogP contribution is 2.34. The molecule has 160 valence electrons. The lowest BCUT2D eigenvalue weighted by Crippen LogP contribution is -2.49. The van der Waals surface area contributed by atoms with Gasteiger partial charge in [-0.15, -0.1) is 0 Å². The zero-order chi connectivity index (χ0) is 21.6. The van der Waals surface area contributed by atoms with Gasteiger partial charge in [-0.3, -0.25) is 14.9 Å². The molecule has 2 aromatic rings. The lowest BCUT2D eigenvalue weighted by Gasteiger charge is -2.33. The SMILES string of the molecule is CNCC(C)(C(=O)N1CCCC1)c1ccc(NCCc2ccccc2)c([N+](=O)[O-])c1. The van der Waals surface area contributed by atoms with Crippen molar-refractivity contribution < 1.29 is 9.72 Å². The van der Waals surface area contributed by atoms with E-state index in [1.54, 1.807) is 19.2 Å². The lowest BCUT2D eigenvalue weighted by atomic mass is 9.80. The molecule has 30 heavy (non-hydrogen) atoms. The fourth-order valence-corrected chi connectivity index (χ4v) is 4.09. The minimum atomic E-state index is -0.855.